The van der Waals surface area contributed by atoms with E-state index in [4.69, 9.17) is 4.74 Å². The van der Waals surface area contributed by atoms with Crippen LogP contribution in [0.25, 0.3) is 0 Å². The number of nitrogens with one attached hydrogen (secondary N) is 1. The summed E-state index contributed by atoms with van der Waals surface area (Å²) in [6, 6.07) is 8.09. The lowest BCUT2D eigenvalue weighted by molar-refractivity contribution is 0.0732. The molecule has 2 aromatic rings. The summed E-state index contributed by atoms with van der Waals surface area (Å²) >= 11 is 0. The Morgan fingerprint density at radius 2 is 2.08 bits per heavy atom. The summed E-state index contributed by atoms with van der Waals surface area (Å²) in [7, 11) is 1.69. The van der Waals surface area contributed by atoms with Crippen LogP contribution in [0.1, 0.15) is 65.0 Å². The molecule has 1 unspecified atom stereocenters. The van der Waals surface area contributed by atoms with Crippen molar-refractivity contribution in [3.8, 4) is 5.75 Å². The molecule has 2 fully saturated rings. The number of benzene rings is 1. The Morgan fingerprint density at radius 3 is 2.83 bits per heavy atom. The van der Waals surface area contributed by atoms with E-state index >= 15 is 0 Å². The van der Waals surface area contributed by atoms with Gasteiger partial charge in [-0.15, -0.1) is 0 Å². The molecule has 0 bridgehead atoms. The van der Waals surface area contributed by atoms with Crippen LogP contribution in [0.3, 0.4) is 0 Å². The molecule has 1 N–H and O–H groups in total. The zero-order chi connectivity index (χ0) is 16.7. The predicted molar refractivity (Wildman–Crippen MR) is 91.3 cm³/mol. The smallest absolute Gasteiger partial charge is 0.258 e. The van der Waals surface area contributed by atoms with Gasteiger partial charge in [0, 0.05) is 23.7 Å². The lowest BCUT2D eigenvalue weighted by Gasteiger charge is -2.26. The van der Waals surface area contributed by atoms with Crippen molar-refractivity contribution in [3.05, 3.63) is 46.8 Å². The van der Waals surface area contributed by atoms with Gasteiger partial charge in [-0.25, -0.2) is 0 Å². The van der Waals surface area contributed by atoms with E-state index < -0.39 is 0 Å². The van der Waals surface area contributed by atoms with E-state index in [0.29, 0.717) is 5.92 Å². The number of hydrogen-bond donors (Lipinski definition) is 1. The number of aromatic amines is 1. The van der Waals surface area contributed by atoms with Crippen LogP contribution in [0.2, 0.25) is 0 Å². The standard InChI is InChI=1S/C19H23N3O2/c1-12-17(18(21-20-12)13-9-10-13)19(23)22-11-5-7-15(22)14-6-3-4-8-16(14)24-2/h3-4,6,8,13,15H,5,7,9-11H2,1-2H3,(H,20,21). The third-order valence-electron chi connectivity index (χ3n) is 5.16. The van der Waals surface area contributed by atoms with Gasteiger partial charge in [0.2, 0.25) is 0 Å². The summed E-state index contributed by atoms with van der Waals surface area (Å²) in [6.45, 7) is 2.73. The Hall–Kier alpha value is -2.30. The summed E-state index contributed by atoms with van der Waals surface area (Å²) < 4.78 is 5.52. The highest BCUT2D eigenvalue weighted by Crippen LogP contribution is 2.43. The van der Waals surface area contributed by atoms with Gasteiger partial charge in [-0.3, -0.25) is 9.89 Å². The molecular weight excluding hydrogens is 302 g/mol. The predicted octanol–water partition coefficient (Wildman–Crippen LogP) is 3.58. The van der Waals surface area contributed by atoms with Crippen LogP contribution in [0.15, 0.2) is 24.3 Å². The molecule has 126 valence electrons. The number of methoxy groups -OCH3 is 1. The van der Waals surface area contributed by atoms with Crippen molar-refractivity contribution < 1.29 is 9.53 Å². The van der Waals surface area contributed by atoms with Crippen molar-refractivity contribution in [2.45, 2.75) is 44.6 Å². The number of carbonyl (C=O) groups excluding carboxylic acids is 1. The second-order valence-electron chi connectivity index (χ2n) is 6.78. The van der Waals surface area contributed by atoms with Gasteiger partial charge in [-0.05, 0) is 38.7 Å². The average molecular weight is 325 g/mol. The highest BCUT2D eigenvalue weighted by atomic mass is 16.5. The lowest BCUT2D eigenvalue weighted by Crippen LogP contribution is -2.31. The van der Waals surface area contributed by atoms with Crippen molar-refractivity contribution in [1.29, 1.82) is 0 Å². The van der Waals surface area contributed by atoms with E-state index in [9.17, 15) is 4.79 Å². The van der Waals surface area contributed by atoms with Gasteiger partial charge in [0.25, 0.3) is 5.91 Å². The summed E-state index contributed by atoms with van der Waals surface area (Å²) in [5.74, 6) is 1.42. The van der Waals surface area contributed by atoms with Crippen molar-refractivity contribution in [2.24, 2.45) is 0 Å². The Morgan fingerprint density at radius 1 is 1.29 bits per heavy atom. The molecule has 5 heteroatoms. The van der Waals surface area contributed by atoms with Crippen molar-refractivity contribution in [3.63, 3.8) is 0 Å². The Balaban J connectivity index is 1.68. The first kappa shape index (κ1) is 15.2. The number of aromatic nitrogens is 2. The maximum absolute atomic E-state index is 13.3. The maximum Gasteiger partial charge on any atom is 0.258 e. The monoisotopic (exact) mass is 325 g/mol. The molecule has 1 saturated carbocycles. The number of carbonyl (C=O) groups is 1. The van der Waals surface area contributed by atoms with Crippen LogP contribution < -0.4 is 4.74 Å². The SMILES string of the molecule is COc1ccccc1C1CCCN1C(=O)c1c(C2CC2)n[nH]c1C. The molecule has 24 heavy (non-hydrogen) atoms. The fourth-order valence-corrected chi connectivity index (χ4v) is 3.79. The van der Waals surface area contributed by atoms with E-state index in [1.54, 1.807) is 7.11 Å². The van der Waals surface area contributed by atoms with Crippen LogP contribution in [-0.2, 0) is 0 Å². The quantitative estimate of drug-likeness (QED) is 0.934. The minimum absolute atomic E-state index is 0.0787. The molecule has 5 nitrogen and oxygen atoms in total. The maximum atomic E-state index is 13.3. The fourth-order valence-electron chi connectivity index (χ4n) is 3.79. The van der Waals surface area contributed by atoms with E-state index in [2.05, 4.69) is 16.3 Å². The number of H-pyrrole nitrogens is 1. The molecule has 1 atom stereocenters. The third-order valence-corrected chi connectivity index (χ3v) is 5.16. The first-order valence-electron chi connectivity index (χ1n) is 8.69. The summed E-state index contributed by atoms with van der Waals surface area (Å²) in [5.41, 5.74) is 3.73. The molecule has 4 rings (SSSR count). The number of amides is 1. The van der Waals surface area contributed by atoms with Crippen LogP contribution in [0.4, 0.5) is 0 Å². The number of ether oxygens (including phenoxy) is 1. The number of nitrogens with zero attached hydrogens (tertiary/aromatic N) is 2. The normalized spacial score (nSPS) is 20.4. The minimum atomic E-state index is 0.0787. The molecule has 2 aliphatic rings. The minimum Gasteiger partial charge on any atom is -0.496 e. The Kier molecular flexibility index (Phi) is 3.79. The van der Waals surface area contributed by atoms with Gasteiger partial charge in [-0.2, -0.15) is 5.10 Å². The van der Waals surface area contributed by atoms with Crippen LogP contribution in [0, 0.1) is 6.92 Å². The first-order chi connectivity index (χ1) is 11.7. The van der Waals surface area contributed by atoms with E-state index in [1.165, 1.54) is 0 Å². The number of likely N-dealkylation sites (tertiary alicyclic amines) is 1. The molecule has 1 aromatic heterocycles. The van der Waals surface area contributed by atoms with Gasteiger partial charge in [0.05, 0.1) is 24.4 Å². The van der Waals surface area contributed by atoms with Crippen LogP contribution >= 0.6 is 0 Å². The molecule has 0 radical (unpaired) electrons. The van der Waals surface area contributed by atoms with E-state index in [0.717, 1.165) is 60.5 Å². The Bertz CT molecular complexity index is 764. The molecule has 1 aliphatic heterocycles. The van der Waals surface area contributed by atoms with Gasteiger partial charge in [0.15, 0.2) is 0 Å². The molecule has 2 heterocycles. The summed E-state index contributed by atoms with van der Waals surface area (Å²) in [6.07, 6.45) is 4.27. The zero-order valence-electron chi connectivity index (χ0n) is 14.2. The molecule has 1 amide bonds. The second kappa shape index (κ2) is 5.96. The molecule has 1 saturated heterocycles. The third kappa shape index (κ3) is 2.48. The topological polar surface area (TPSA) is 58.2 Å². The van der Waals surface area contributed by atoms with Crippen LogP contribution in [-0.4, -0.2) is 34.7 Å². The zero-order valence-corrected chi connectivity index (χ0v) is 14.2. The highest BCUT2D eigenvalue weighted by Gasteiger charge is 2.37. The first-order valence-corrected chi connectivity index (χ1v) is 8.69. The van der Waals surface area contributed by atoms with Crippen molar-refractivity contribution in [1.82, 2.24) is 15.1 Å². The van der Waals surface area contributed by atoms with E-state index in [-0.39, 0.29) is 11.9 Å². The number of rotatable bonds is 4. The summed E-state index contributed by atoms with van der Waals surface area (Å²) in [4.78, 5) is 15.3. The van der Waals surface area contributed by atoms with Crippen LogP contribution in [0.5, 0.6) is 5.75 Å². The van der Waals surface area contributed by atoms with Crippen molar-refractivity contribution in [2.75, 3.05) is 13.7 Å². The lowest BCUT2D eigenvalue weighted by atomic mass is 10.0. The van der Waals surface area contributed by atoms with Gasteiger partial charge in [0.1, 0.15) is 5.75 Å². The highest BCUT2D eigenvalue weighted by molar-refractivity contribution is 5.97. The molecule has 1 aliphatic carbocycles. The van der Waals surface area contributed by atoms with Crippen molar-refractivity contribution >= 4 is 5.91 Å². The van der Waals surface area contributed by atoms with Gasteiger partial charge >= 0.3 is 0 Å². The second-order valence-corrected chi connectivity index (χ2v) is 6.78. The largest absolute Gasteiger partial charge is 0.496 e. The number of aryl methyl sites for hydroxylation is 1. The Labute approximate surface area is 142 Å². The molecule has 1 aromatic carbocycles. The molecule has 0 spiro atoms. The fraction of sp³-hybridized carbons (Fsp3) is 0.474. The number of para-hydroxylation sites is 1. The van der Waals surface area contributed by atoms with Gasteiger partial charge in [-0.1, -0.05) is 18.2 Å². The van der Waals surface area contributed by atoms with E-state index in [1.807, 2.05) is 30.0 Å². The summed E-state index contributed by atoms with van der Waals surface area (Å²) in [5, 5.41) is 7.42. The average Bonchev–Trinajstić information content (AvgIpc) is 3.20. The number of hydrogen-bond acceptors (Lipinski definition) is 3. The molecular formula is C19H23N3O2. The van der Waals surface area contributed by atoms with Gasteiger partial charge < -0.3 is 9.64 Å².